The molecule has 3 nitrogen and oxygen atoms in total. The van der Waals surface area contributed by atoms with Gasteiger partial charge < -0.3 is 10.2 Å². The molecule has 0 radical (unpaired) electrons. The molecule has 1 fully saturated rings. The Morgan fingerprint density at radius 3 is 2.42 bits per heavy atom. The largest absolute Gasteiger partial charge is 0.465 e. The van der Waals surface area contributed by atoms with E-state index >= 15 is 0 Å². The Kier molecular flexibility index (Phi) is 4.36. The van der Waals surface area contributed by atoms with E-state index in [4.69, 9.17) is 10.2 Å². The predicted molar refractivity (Wildman–Crippen MR) is 78.8 cm³/mol. The van der Waals surface area contributed by atoms with Crippen molar-refractivity contribution >= 4 is 0 Å². The second kappa shape index (κ2) is 5.68. The minimum Gasteiger partial charge on any atom is -0.465 e. The molecule has 1 saturated heterocycles. The molecule has 0 saturated carbocycles. The van der Waals surface area contributed by atoms with Crippen molar-refractivity contribution in [3.63, 3.8) is 0 Å². The van der Waals surface area contributed by atoms with Crippen LogP contribution in [-0.4, -0.2) is 18.0 Å². The van der Waals surface area contributed by atoms with Crippen LogP contribution >= 0.6 is 0 Å². The van der Waals surface area contributed by atoms with Gasteiger partial charge in [0.2, 0.25) is 0 Å². The normalized spacial score (nSPS) is 19.0. The topological polar surface area (TPSA) is 42.4 Å². The Bertz CT molecular complexity index is 409. The molecule has 108 valence electrons. The van der Waals surface area contributed by atoms with Crippen LogP contribution in [0.1, 0.15) is 50.7 Å². The highest BCUT2D eigenvalue weighted by molar-refractivity contribution is 5.20. The summed E-state index contributed by atoms with van der Waals surface area (Å²) < 4.78 is 5.78. The molecule has 0 unspecified atom stereocenters. The fraction of sp³-hybridized carbons (Fsp3) is 0.750. The van der Waals surface area contributed by atoms with E-state index in [1.807, 2.05) is 6.92 Å². The number of aryl methyl sites for hydroxylation is 1. The summed E-state index contributed by atoms with van der Waals surface area (Å²) in [6.07, 6.45) is 2.60. The first-order valence-corrected chi connectivity index (χ1v) is 7.40. The molecule has 1 aliphatic heterocycles. The molecular weight excluding hydrogens is 236 g/mol. The van der Waals surface area contributed by atoms with Crippen LogP contribution in [0.25, 0.3) is 0 Å². The second-order valence-corrected chi connectivity index (χ2v) is 6.91. The zero-order chi connectivity index (χ0) is 14.0. The van der Waals surface area contributed by atoms with E-state index in [1.54, 1.807) is 0 Å². The summed E-state index contributed by atoms with van der Waals surface area (Å²) in [6.45, 7) is 12.9. The monoisotopic (exact) mass is 264 g/mol. The fourth-order valence-corrected chi connectivity index (χ4v) is 3.05. The van der Waals surface area contributed by atoms with Gasteiger partial charge in [0.25, 0.3) is 0 Å². The van der Waals surface area contributed by atoms with E-state index in [1.165, 1.54) is 25.9 Å². The number of hydrogen-bond donors (Lipinski definition) is 1. The van der Waals surface area contributed by atoms with Crippen LogP contribution in [0.3, 0.4) is 0 Å². The Hall–Kier alpha value is -0.800. The van der Waals surface area contributed by atoms with Crippen molar-refractivity contribution in [2.45, 2.75) is 53.6 Å². The van der Waals surface area contributed by atoms with Crippen LogP contribution < -0.4 is 5.73 Å². The Balaban J connectivity index is 1.88. The number of piperidine rings is 1. The molecular formula is C16H28N2O. The maximum absolute atomic E-state index is 5.78. The molecule has 2 heterocycles. The lowest BCUT2D eigenvalue weighted by molar-refractivity contribution is 0.103. The van der Waals surface area contributed by atoms with Gasteiger partial charge >= 0.3 is 0 Å². The van der Waals surface area contributed by atoms with Crippen LogP contribution in [0, 0.1) is 18.3 Å². The van der Waals surface area contributed by atoms with E-state index in [2.05, 4.69) is 31.7 Å². The van der Waals surface area contributed by atoms with Gasteiger partial charge in [0, 0.05) is 12.1 Å². The third-order valence-corrected chi connectivity index (χ3v) is 4.48. The summed E-state index contributed by atoms with van der Waals surface area (Å²) >= 11 is 0. The average Bonchev–Trinajstić information content (AvgIpc) is 2.69. The molecule has 2 rings (SSSR count). The molecule has 0 bridgehead atoms. The SMILES string of the molecule is Cc1oc(CN2CCC(C(C)(C)C)CC2)cc1CN. The number of hydrogen-bond acceptors (Lipinski definition) is 3. The third kappa shape index (κ3) is 3.61. The lowest BCUT2D eigenvalue weighted by Gasteiger charge is -2.38. The fourth-order valence-electron chi connectivity index (χ4n) is 3.05. The van der Waals surface area contributed by atoms with Crippen molar-refractivity contribution in [1.82, 2.24) is 4.90 Å². The molecule has 1 aliphatic rings. The lowest BCUT2D eigenvalue weighted by atomic mass is 9.75. The van der Waals surface area contributed by atoms with Crippen molar-refractivity contribution in [3.05, 3.63) is 23.2 Å². The van der Waals surface area contributed by atoms with Gasteiger partial charge in [-0.25, -0.2) is 0 Å². The Morgan fingerprint density at radius 2 is 1.95 bits per heavy atom. The van der Waals surface area contributed by atoms with Crippen LogP contribution in [0.2, 0.25) is 0 Å². The molecule has 19 heavy (non-hydrogen) atoms. The maximum Gasteiger partial charge on any atom is 0.118 e. The summed E-state index contributed by atoms with van der Waals surface area (Å²) in [5.74, 6) is 2.89. The summed E-state index contributed by atoms with van der Waals surface area (Å²) in [7, 11) is 0. The van der Waals surface area contributed by atoms with Crippen molar-refractivity contribution in [3.8, 4) is 0 Å². The van der Waals surface area contributed by atoms with Crippen LogP contribution in [0.5, 0.6) is 0 Å². The average molecular weight is 264 g/mol. The molecule has 0 aromatic carbocycles. The summed E-state index contributed by atoms with van der Waals surface area (Å²) in [5.41, 5.74) is 7.27. The van der Waals surface area contributed by atoms with Crippen molar-refractivity contribution < 1.29 is 4.42 Å². The van der Waals surface area contributed by atoms with Gasteiger partial charge in [-0.15, -0.1) is 0 Å². The van der Waals surface area contributed by atoms with Gasteiger partial charge in [-0.05, 0) is 50.3 Å². The zero-order valence-corrected chi connectivity index (χ0v) is 12.8. The van der Waals surface area contributed by atoms with Gasteiger partial charge in [-0.2, -0.15) is 0 Å². The first kappa shape index (κ1) is 14.6. The molecule has 2 N–H and O–H groups in total. The molecule has 3 heteroatoms. The number of furan rings is 1. The van der Waals surface area contributed by atoms with E-state index in [0.717, 1.165) is 29.5 Å². The molecule has 1 aromatic heterocycles. The first-order chi connectivity index (χ1) is 8.90. The van der Waals surface area contributed by atoms with Crippen LogP contribution in [0.15, 0.2) is 10.5 Å². The number of nitrogens with zero attached hydrogens (tertiary/aromatic N) is 1. The molecule has 0 spiro atoms. The van der Waals surface area contributed by atoms with E-state index < -0.39 is 0 Å². The van der Waals surface area contributed by atoms with Gasteiger partial charge in [-0.3, -0.25) is 4.90 Å². The van der Waals surface area contributed by atoms with Crippen LogP contribution in [0.4, 0.5) is 0 Å². The smallest absolute Gasteiger partial charge is 0.118 e. The first-order valence-electron chi connectivity index (χ1n) is 7.40. The second-order valence-electron chi connectivity index (χ2n) is 6.91. The summed E-state index contributed by atoms with van der Waals surface area (Å²) in [6, 6.07) is 2.12. The van der Waals surface area contributed by atoms with E-state index in [9.17, 15) is 0 Å². The molecule has 0 amide bonds. The highest BCUT2D eigenvalue weighted by Gasteiger charge is 2.28. The standard InChI is InChI=1S/C16H28N2O/c1-12-13(10-17)9-15(19-12)11-18-7-5-14(6-8-18)16(2,3)4/h9,14H,5-8,10-11,17H2,1-4H3. The van der Waals surface area contributed by atoms with Crippen molar-refractivity contribution in [2.24, 2.45) is 17.1 Å². The molecule has 0 aliphatic carbocycles. The molecule has 0 atom stereocenters. The van der Waals surface area contributed by atoms with Crippen molar-refractivity contribution in [2.75, 3.05) is 13.1 Å². The van der Waals surface area contributed by atoms with E-state index in [-0.39, 0.29) is 0 Å². The summed E-state index contributed by atoms with van der Waals surface area (Å²) in [5, 5.41) is 0. The van der Waals surface area contributed by atoms with Gasteiger partial charge in [-0.1, -0.05) is 20.8 Å². The quantitative estimate of drug-likeness (QED) is 0.910. The number of nitrogens with two attached hydrogens (primary N) is 1. The lowest BCUT2D eigenvalue weighted by Crippen LogP contribution is -2.37. The van der Waals surface area contributed by atoms with Crippen molar-refractivity contribution in [1.29, 1.82) is 0 Å². The van der Waals surface area contributed by atoms with Crippen LogP contribution in [-0.2, 0) is 13.1 Å². The highest BCUT2D eigenvalue weighted by Crippen LogP contribution is 2.34. The minimum atomic E-state index is 0.445. The van der Waals surface area contributed by atoms with Gasteiger partial charge in [0.05, 0.1) is 6.54 Å². The highest BCUT2D eigenvalue weighted by atomic mass is 16.3. The third-order valence-electron chi connectivity index (χ3n) is 4.48. The number of likely N-dealkylation sites (tertiary alicyclic amines) is 1. The van der Waals surface area contributed by atoms with Gasteiger partial charge in [0.15, 0.2) is 0 Å². The summed E-state index contributed by atoms with van der Waals surface area (Å²) in [4.78, 5) is 2.50. The number of rotatable bonds is 3. The Morgan fingerprint density at radius 1 is 1.32 bits per heavy atom. The predicted octanol–water partition coefficient (Wildman–Crippen LogP) is 3.30. The maximum atomic E-state index is 5.78. The zero-order valence-electron chi connectivity index (χ0n) is 12.8. The Labute approximate surface area is 117 Å². The van der Waals surface area contributed by atoms with Gasteiger partial charge in [0.1, 0.15) is 11.5 Å². The van der Waals surface area contributed by atoms with E-state index in [0.29, 0.717) is 12.0 Å². The molecule has 1 aromatic rings. The minimum absolute atomic E-state index is 0.445.